The molecule has 2 aromatic carbocycles. The second-order valence-electron chi connectivity index (χ2n) is 6.18. The van der Waals surface area contributed by atoms with Gasteiger partial charge in [0, 0.05) is 10.6 Å². The van der Waals surface area contributed by atoms with E-state index < -0.39 is 0 Å². The van der Waals surface area contributed by atoms with Crippen LogP contribution in [-0.4, -0.2) is 18.2 Å². The molecular weight excluding hydrogens is 404 g/mol. The Labute approximate surface area is 179 Å². The maximum Gasteiger partial charge on any atom is 0.340 e. The summed E-state index contributed by atoms with van der Waals surface area (Å²) in [6, 6.07) is 19.4. The van der Waals surface area contributed by atoms with E-state index in [-0.39, 0.29) is 5.97 Å². The summed E-state index contributed by atoms with van der Waals surface area (Å²) in [5.41, 5.74) is 2.42. The first-order chi connectivity index (χ1) is 14.1. The third-order valence-electron chi connectivity index (χ3n) is 4.12. The van der Waals surface area contributed by atoms with Gasteiger partial charge >= 0.3 is 5.97 Å². The molecule has 7 heteroatoms. The number of esters is 1. The van der Waals surface area contributed by atoms with Crippen LogP contribution in [0.15, 0.2) is 60.7 Å². The molecule has 0 fully saturated rings. The number of methoxy groups -OCH3 is 1. The van der Waals surface area contributed by atoms with Gasteiger partial charge in [-0.2, -0.15) is 0 Å². The summed E-state index contributed by atoms with van der Waals surface area (Å²) in [4.78, 5) is 13.1. The van der Waals surface area contributed by atoms with E-state index in [1.165, 1.54) is 18.4 Å². The Morgan fingerprint density at radius 3 is 2.45 bits per heavy atom. The van der Waals surface area contributed by atoms with Crippen molar-refractivity contribution in [1.82, 2.24) is 0 Å². The van der Waals surface area contributed by atoms with Crippen LogP contribution in [0.4, 0.5) is 10.7 Å². The largest absolute Gasteiger partial charge is 0.489 e. The molecule has 3 aromatic rings. The Morgan fingerprint density at radius 1 is 1.07 bits per heavy atom. The first-order valence-corrected chi connectivity index (χ1v) is 10.4. The van der Waals surface area contributed by atoms with E-state index in [1.807, 2.05) is 67.6 Å². The third kappa shape index (κ3) is 5.79. The Hall–Kier alpha value is -2.90. The minimum absolute atomic E-state index is 0.383. The number of nitrogens with one attached hydrogen (secondary N) is 2. The van der Waals surface area contributed by atoms with Crippen molar-refractivity contribution in [2.75, 3.05) is 17.7 Å². The molecule has 0 atom stereocenters. The first kappa shape index (κ1) is 20.8. The van der Waals surface area contributed by atoms with Crippen LogP contribution in [0, 0.1) is 0 Å². The van der Waals surface area contributed by atoms with Crippen LogP contribution in [-0.2, 0) is 17.8 Å². The van der Waals surface area contributed by atoms with Crippen molar-refractivity contribution in [3.8, 4) is 5.75 Å². The van der Waals surface area contributed by atoms with Gasteiger partial charge in [0.1, 0.15) is 17.4 Å². The Kier molecular flexibility index (Phi) is 7.21. The SMILES string of the molecule is CCc1cc(C(=O)OC)c(NC(=S)Nc2ccc(OCc3ccccc3)cc2)s1. The summed E-state index contributed by atoms with van der Waals surface area (Å²) in [7, 11) is 1.37. The van der Waals surface area contributed by atoms with Gasteiger partial charge in [0.05, 0.1) is 12.7 Å². The summed E-state index contributed by atoms with van der Waals surface area (Å²) < 4.78 is 10.6. The minimum atomic E-state index is -0.383. The molecule has 29 heavy (non-hydrogen) atoms. The van der Waals surface area contributed by atoms with Gasteiger partial charge in [0.15, 0.2) is 5.11 Å². The highest BCUT2D eigenvalue weighted by molar-refractivity contribution is 7.80. The van der Waals surface area contributed by atoms with E-state index in [0.717, 1.165) is 28.3 Å². The number of benzene rings is 2. The van der Waals surface area contributed by atoms with Crippen LogP contribution in [0.1, 0.15) is 27.7 Å². The molecule has 0 spiro atoms. The normalized spacial score (nSPS) is 10.3. The standard InChI is InChI=1S/C22H22N2O3S2/c1-3-18-13-19(21(25)26-2)20(29-18)24-22(28)23-16-9-11-17(12-10-16)27-14-15-7-5-4-6-8-15/h4-13H,3,14H2,1-2H3,(H2,23,24,28). The molecule has 3 rings (SSSR count). The minimum Gasteiger partial charge on any atom is -0.489 e. The lowest BCUT2D eigenvalue weighted by molar-refractivity contribution is 0.0602. The zero-order valence-corrected chi connectivity index (χ0v) is 17.9. The second kappa shape index (κ2) is 10.0. The summed E-state index contributed by atoms with van der Waals surface area (Å²) in [5.74, 6) is 0.392. The fraction of sp³-hybridized carbons (Fsp3) is 0.182. The molecule has 1 aromatic heterocycles. The summed E-state index contributed by atoms with van der Waals surface area (Å²) >= 11 is 6.88. The number of thiocarbonyl (C=S) groups is 1. The second-order valence-corrected chi connectivity index (χ2v) is 7.72. The number of carbonyl (C=O) groups is 1. The predicted molar refractivity (Wildman–Crippen MR) is 122 cm³/mol. The predicted octanol–water partition coefficient (Wildman–Crippen LogP) is 5.49. The number of aryl methyl sites for hydroxylation is 1. The Balaban J connectivity index is 1.58. The fourth-order valence-corrected chi connectivity index (χ4v) is 3.88. The van der Waals surface area contributed by atoms with E-state index in [1.54, 1.807) is 0 Å². The molecule has 0 saturated carbocycles. The molecule has 2 N–H and O–H groups in total. The van der Waals surface area contributed by atoms with Crippen LogP contribution in [0.2, 0.25) is 0 Å². The van der Waals surface area contributed by atoms with Crippen LogP contribution in [0.25, 0.3) is 0 Å². The van der Waals surface area contributed by atoms with Crippen LogP contribution >= 0.6 is 23.6 Å². The molecule has 0 saturated heterocycles. The van der Waals surface area contributed by atoms with Gasteiger partial charge in [-0.3, -0.25) is 0 Å². The molecule has 0 aliphatic rings. The summed E-state index contributed by atoms with van der Waals surface area (Å²) in [6.07, 6.45) is 0.834. The van der Waals surface area contributed by atoms with Crippen molar-refractivity contribution >= 4 is 45.3 Å². The lowest BCUT2D eigenvalue weighted by Gasteiger charge is -2.11. The van der Waals surface area contributed by atoms with Crippen LogP contribution in [0.3, 0.4) is 0 Å². The smallest absolute Gasteiger partial charge is 0.340 e. The number of carbonyl (C=O) groups excluding carboxylic acids is 1. The van der Waals surface area contributed by atoms with Crippen molar-refractivity contribution in [3.05, 3.63) is 76.7 Å². The molecule has 1 heterocycles. The lowest BCUT2D eigenvalue weighted by atomic mass is 10.2. The maximum atomic E-state index is 12.0. The van der Waals surface area contributed by atoms with Gasteiger partial charge in [-0.15, -0.1) is 11.3 Å². The van der Waals surface area contributed by atoms with Crippen molar-refractivity contribution < 1.29 is 14.3 Å². The molecule has 0 bridgehead atoms. The summed E-state index contributed by atoms with van der Waals surface area (Å²) in [6.45, 7) is 2.55. The number of hydrogen-bond donors (Lipinski definition) is 2. The zero-order chi connectivity index (χ0) is 20.6. The number of rotatable bonds is 7. The van der Waals surface area contributed by atoms with E-state index in [0.29, 0.717) is 22.3 Å². The van der Waals surface area contributed by atoms with Gasteiger partial charge in [-0.1, -0.05) is 37.3 Å². The monoisotopic (exact) mass is 426 g/mol. The van der Waals surface area contributed by atoms with Gasteiger partial charge in [-0.05, 0) is 54.5 Å². The highest BCUT2D eigenvalue weighted by Crippen LogP contribution is 2.29. The number of anilines is 2. The Morgan fingerprint density at radius 2 is 1.79 bits per heavy atom. The fourth-order valence-electron chi connectivity index (χ4n) is 2.61. The quantitative estimate of drug-likeness (QED) is 0.385. The average Bonchev–Trinajstić information content (AvgIpc) is 3.16. The van der Waals surface area contributed by atoms with Crippen molar-refractivity contribution in [2.24, 2.45) is 0 Å². The molecule has 0 aliphatic heterocycles. The molecule has 0 radical (unpaired) electrons. The molecule has 0 unspecified atom stereocenters. The number of hydrogen-bond acceptors (Lipinski definition) is 5. The average molecular weight is 427 g/mol. The number of ether oxygens (including phenoxy) is 2. The van der Waals surface area contributed by atoms with Gasteiger partial charge in [-0.25, -0.2) is 4.79 Å². The molecule has 5 nitrogen and oxygen atoms in total. The van der Waals surface area contributed by atoms with Crippen LogP contribution < -0.4 is 15.4 Å². The van der Waals surface area contributed by atoms with Crippen molar-refractivity contribution in [3.63, 3.8) is 0 Å². The van der Waals surface area contributed by atoms with Gasteiger partial charge < -0.3 is 20.1 Å². The van der Waals surface area contributed by atoms with Crippen molar-refractivity contribution in [1.29, 1.82) is 0 Å². The first-order valence-electron chi connectivity index (χ1n) is 9.15. The highest BCUT2D eigenvalue weighted by atomic mass is 32.1. The lowest BCUT2D eigenvalue weighted by Crippen LogP contribution is -2.19. The van der Waals surface area contributed by atoms with Gasteiger partial charge in [0.25, 0.3) is 0 Å². The topological polar surface area (TPSA) is 59.6 Å². The molecular formula is C22H22N2O3S2. The number of thiophene rings is 1. The molecule has 150 valence electrons. The van der Waals surface area contributed by atoms with E-state index >= 15 is 0 Å². The highest BCUT2D eigenvalue weighted by Gasteiger charge is 2.17. The summed E-state index contributed by atoms with van der Waals surface area (Å²) in [5, 5.41) is 7.29. The molecule has 0 amide bonds. The zero-order valence-electron chi connectivity index (χ0n) is 16.2. The van der Waals surface area contributed by atoms with E-state index in [2.05, 4.69) is 10.6 Å². The van der Waals surface area contributed by atoms with Crippen molar-refractivity contribution in [2.45, 2.75) is 20.0 Å². The molecule has 0 aliphatic carbocycles. The Bertz CT molecular complexity index is 969. The maximum absolute atomic E-state index is 12.0. The van der Waals surface area contributed by atoms with E-state index in [4.69, 9.17) is 21.7 Å². The van der Waals surface area contributed by atoms with Gasteiger partial charge in [0.2, 0.25) is 0 Å². The van der Waals surface area contributed by atoms with Crippen LogP contribution in [0.5, 0.6) is 5.75 Å². The van der Waals surface area contributed by atoms with E-state index in [9.17, 15) is 4.79 Å². The third-order valence-corrected chi connectivity index (χ3v) is 5.52.